The number of carbonyl (C=O) groups is 1. The molecule has 0 atom stereocenters. The van der Waals surface area contributed by atoms with E-state index in [1.165, 1.54) is 11.8 Å². The first-order chi connectivity index (χ1) is 11.6. The van der Waals surface area contributed by atoms with Crippen LogP contribution in [0.1, 0.15) is 5.56 Å². The maximum atomic E-state index is 12.2. The van der Waals surface area contributed by atoms with Crippen molar-refractivity contribution >= 4 is 39.3 Å². The maximum absolute atomic E-state index is 12.2. The third kappa shape index (κ3) is 4.04. The molecule has 1 amide bonds. The normalized spacial score (nSPS) is 10.6. The molecule has 0 spiro atoms. The fourth-order valence-electron chi connectivity index (χ4n) is 2.14. The van der Waals surface area contributed by atoms with Crippen molar-refractivity contribution in [3.63, 3.8) is 0 Å². The first-order valence-electron chi connectivity index (χ1n) is 7.28. The van der Waals surface area contributed by atoms with Crippen LogP contribution in [0.4, 0.5) is 5.69 Å². The van der Waals surface area contributed by atoms with Gasteiger partial charge in [-0.3, -0.25) is 9.36 Å². The minimum Gasteiger partial charge on any atom is -0.325 e. The molecule has 0 aliphatic heterocycles. The predicted molar refractivity (Wildman–Crippen MR) is 99.6 cm³/mol. The number of hydrogen-bond donors (Lipinski definition) is 1. The van der Waals surface area contributed by atoms with Gasteiger partial charge in [0.15, 0.2) is 5.16 Å². The first-order valence-corrected chi connectivity index (χ1v) is 9.05. The van der Waals surface area contributed by atoms with Crippen molar-refractivity contribution < 1.29 is 4.79 Å². The Labute approximate surface area is 152 Å². The Kier molecular flexibility index (Phi) is 5.32. The average Bonchev–Trinajstić information content (AvgIpc) is 3.06. The number of anilines is 1. The van der Waals surface area contributed by atoms with E-state index in [1.807, 2.05) is 60.0 Å². The molecule has 5 nitrogen and oxygen atoms in total. The molecule has 3 aromatic rings. The molecule has 2 aromatic carbocycles. The monoisotopic (exact) mass is 402 g/mol. The number of benzene rings is 2. The van der Waals surface area contributed by atoms with E-state index >= 15 is 0 Å². The Morgan fingerprint density at radius 3 is 2.79 bits per heavy atom. The number of amides is 1. The highest BCUT2D eigenvalue weighted by molar-refractivity contribution is 9.10. The number of hydrogen-bond acceptors (Lipinski definition) is 4. The summed E-state index contributed by atoms with van der Waals surface area (Å²) in [6.45, 7) is 1.98. The maximum Gasteiger partial charge on any atom is 0.234 e. The van der Waals surface area contributed by atoms with Crippen molar-refractivity contribution in [2.75, 3.05) is 11.1 Å². The van der Waals surface area contributed by atoms with Gasteiger partial charge >= 0.3 is 0 Å². The van der Waals surface area contributed by atoms with E-state index in [4.69, 9.17) is 0 Å². The van der Waals surface area contributed by atoms with Crippen molar-refractivity contribution in [2.24, 2.45) is 0 Å². The summed E-state index contributed by atoms with van der Waals surface area (Å²) in [5, 5.41) is 11.6. The SMILES string of the molecule is Cc1cc(NC(=O)CSc2nncn2-c2ccccc2)ccc1Br. The molecule has 3 rings (SSSR count). The average molecular weight is 403 g/mol. The van der Waals surface area contributed by atoms with Gasteiger partial charge in [-0.05, 0) is 42.8 Å². The Morgan fingerprint density at radius 2 is 2.04 bits per heavy atom. The summed E-state index contributed by atoms with van der Waals surface area (Å²) < 4.78 is 2.88. The molecule has 0 saturated carbocycles. The van der Waals surface area contributed by atoms with Crippen molar-refractivity contribution in [1.82, 2.24) is 14.8 Å². The molecular formula is C17H15BrN4OS. The van der Waals surface area contributed by atoms with Gasteiger partial charge in [0.25, 0.3) is 0 Å². The quantitative estimate of drug-likeness (QED) is 0.653. The zero-order valence-corrected chi connectivity index (χ0v) is 15.3. The second kappa shape index (κ2) is 7.63. The number of aryl methyl sites for hydroxylation is 1. The largest absolute Gasteiger partial charge is 0.325 e. The van der Waals surface area contributed by atoms with E-state index < -0.39 is 0 Å². The second-order valence-corrected chi connectivity index (χ2v) is 6.92. The van der Waals surface area contributed by atoms with Gasteiger partial charge in [-0.2, -0.15) is 0 Å². The molecule has 0 bridgehead atoms. The van der Waals surface area contributed by atoms with Gasteiger partial charge in [-0.15, -0.1) is 10.2 Å². The number of halogens is 1. The van der Waals surface area contributed by atoms with Gasteiger partial charge in [-0.25, -0.2) is 0 Å². The summed E-state index contributed by atoms with van der Waals surface area (Å²) in [5.41, 5.74) is 2.82. The third-order valence-electron chi connectivity index (χ3n) is 3.32. The van der Waals surface area contributed by atoms with Gasteiger partial charge in [0.2, 0.25) is 5.91 Å². The summed E-state index contributed by atoms with van der Waals surface area (Å²) in [7, 11) is 0. The molecular weight excluding hydrogens is 388 g/mol. The van der Waals surface area contributed by atoms with Crippen LogP contribution in [-0.2, 0) is 4.79 Å². The molecule has 1 heterocycles. The molecule has 1 N–H and O–H groups in total. The van der Waals surface area contributed by atoms with E-state index in [0.29, 0.717) is 5.16 Å². The molecule has 24 heavy (non-hydrogen) atoms. The lowest BCUT2D eigenvalue weighted by Gasteiger charge is -2.08. The molecule has 0 aliphatic rings. The standard InChI is InChI=1S/C17H15BrN4OS/c1-12-9-13(7-8-15(12)18)20-16(23)10-24-17-21-19-11-22(17)14-5-3-2-4-6-14/h2-9,11H,10H2,1H3,(H,20,23). The van der Waals surface area contributed by atoms with Crippen molar-refractivity contribution in [1.29, 1.82) is 0 Å². The Balaban J connectivity index is 1.63. The molecule has 0 unspecified atom stereocenters. The van der Waals surface area contributed by atoms with Crippen LogP contribution in [0.2, 0.25) is 0 Å². The minimum atomic E-state index is -0.0793. The lowest BCUT2D eigenvalue weighted by atomic mass is 10.2. The zero-order valence-electron chi connectivity index (χ0n) is 12.9. The van der Waals surface area contributed by atoms with Crippen molar-refractivity contribution in [3.05, 3.63) is 64.9 Å². The van der Waals surface area contributed by atoms with Crippen molar-refractivity contribution in [2.45, 2.75) is 12.1 Å². The van der Waals surface area contributed by atoms with Gasteiger partial charge < -0.3 is 5.32 Å². The van der Waals surface area contributed by atoms with Crippen LogP contribution in [0, 0.1) is 6.92 Å². The summed E-state index contributed by atoms with van der Waals surface area (Å²) in [5.74, 6) is 0.185. The van der Waals surface area contributed by atoms with E-state index in [2.05, 4.69) is 31.4 Å². The van der Waals surface area contributed by atoms with E-state index in [-0.39, 0.29) is 11.7 Å². The van der Waals surface area contributed by atoms with E-state index in [9.17, 15) is 4.79 Å². The molecule has 0 saturated heterocycles. The smallest absolute Gasteiger partial charge is 0.234 e. The summed E-state index contributed by atoms with van der Waals surface area (Å²) in [4.78, 5) is 12.2. The van der Waals surface area contributed by atoms with Crippen LogP contribution < -0.4 is 5.32 Å². The fraction of sp³-hybridized carbons (Fsp3) is 0.118. The number of carbonyl (C=O) groups excluding carboxylic acids is 1. The minimum absolute atomic E-state index is 0.0793. The number of para-hydroxylation sites is 1. The molecule has 0 radical (unpaired) electrons. The number of aromatic nitrogens is 3. The highest BCUT2D eigenvalue weighted by atomic mass is 79.9. The van der Waals surface area contributed by atoms with Crippen LogP contribution in [0.3, 0.4) is 0 Å². The lowest BCUT2D eigenvalue weighted by Crippen LogP contribution is -2.14. The number of nitrogens with zero attached hydrogens (tertiary/aromatic N) is 3. The number of thioether (sulfide) groups is 1. The highest BCUT2D eigenvalue weighted by Gasteiger charge is 2.10. The summed E-state index contributed by atoms with van der Waals surface area (Å²) in [6, 6.07) is 15.5. The fourth-order valence-corrected chi connectivity index (χ4v) is 3.11. The molecule has 122 valence electrons. The molecule has 0 aliphatic carbocycles. The van der Waals surface area contributed by atoms with Crippen LogP contribution in [0.25, 0.3) is 5.69 Å². The lowest BCUT2D eigenvalue weighted by molar-refractivity contribution is -0.113. The van der Waals surface area contributed by atoms with Gasteiger partial charge in [0.1, 0.15) is 6.33 Å². The van der Waals surface area contributed by atoms with Crippen LogP contribution in [0.15, 0.2) is 64.5 Å². The van der Waals surface area contributed by atoms with Gasteiger partial charge in [0.05, 0.1) is 5.75 Å². The molecule has 0 fully saturated rings. The van der Waals surface area contributed by atoms with Crippen molar-refractivity contribution in [3.8, 4) is 5.69 Å². The Morgan fingerprint density at radius 1 is 1.25 bits per heavy atom. The van der Waals surface area contributed by atoms with Crippen LogP contribution in [-0.4, -0.2) is 26.4 Å². The van der Waals surface area contributed by atoms with E-state index in [1.54, 1.807) is 6.33 Å². The Bertz CT molecular complexity index is 851. The third-order valence-corrected chi connectivity index (χ3v) is 5.16. The first kappa shape index (κ1) is 16.7. The van der Waals surface area contributed by atoms with Crippen LogP contribution >= 0.6 is 27.7 Å². The van der Waals surface area contributed by atoms with E-state index in [0.717, 1.165) is 21.4 Å². The van der Waals surface area contributed by atoms with Gasteiger partial charge in [-0.1, -0.05) is 45.9 Å². The summed E-state index contributed by atoms with van der Waals surface area (Å²) in [6.07, 6.45) is 1.65. The Hall–Kier alpha value is -2.12. The molecule has 7 heteroatoms. The number of nitrogens with one attached hydrogen (secondary N) is 1. The summed E-state index contributed by atoms with van der Waals surface area (Å²) >= 11 is 4.80. The molecule has 1 aromatic heterocycles. The van der Waals surface area contributed by atoms with Gasteiger partial charge in [0, 0.05) is 15.8 Å². The zero-order chi connectivity index (χ0) is 16.9. The predicted octanol–water partition coefficient (Wildman–Crippen LogP) is 4.07. The van der Waals surface area contributed by atoms with Crippen LogP contribution in [0.5, 0.6) is 0 Å². The topological polar surface area (TPSA) is 59.8 Å². The second-order valence-electron chi connectivity index (χ2n) is 5.12. The highest BCUT2D eigenvalue weighted by Crippen LogP contribution is 2.22. The number of rotatable bonds is 5.